The molecule has 5 nitrogen and oxygen atoms in total. The average Bonchev–Trinajstić information content (AvgIpc) is 2.47. The molecule has 0 bridgehead atoms. The predicted molar refractivity (Wildman–Crippen MR) is 81.3 cm³/mol. The minimum Gasteiger partial charge on any atom is -0.373 e. The number of pyridine rings is 1. The summed E-state index contributed by atoms with van der Waals surface area (Å²) in [6, 6.07) is 9.96. The molecule has 0 amide bonds. The predicted octanol–water partition coefficient (Wildman–Crippen LogP) is 3.12. The lowest BCUT2D eigenvalue weighted by molar-refractivity contribution is 1.06. The van der Waals surface area contributed by atoms with Crippen molar-refractivity contribution in [3.63, 3.8) is 0 Å². The van der Waals surface area contributed by atoms with Gasteiger partial charge in [0.25, 0.3) is 0 Å². The Balaban J connectivity index is 2.03. The van der Waals surface area contributed by atoms with Crippen LogP contribution in [0, 0.1) is 6.92 Å². The zero-order chi connectivity index (χ0) is 13.9. The number of hydrogen-bond acceptors (Lipinski definition) is 5. The Kier molecular flexibility index (Phi) is 3.16. The maximum Gasteiger partial charge on any atom is 0.136 e. The maximum absolute atomic E-state index is 4.40. The number of hydrogen-bond donors (Lipinski definition) is 2. The van der Waals surface area contributed by atoms with Crippen molar-refractivity contribution in [2.45, 2.75) is 6.92 Å². The molecule has 2 N–H and O–H groups in total. The molecular formula is C15H15N5. The fraction of sp³-hybridized carbons (Fsp3) is 0.133. The molecule has 5 heteroatoms. The average molecular weight is 265 g/mol. The quantitative estimate of drug-likeness (QED) is 0.761. The van der Waals surface area contributed by atoms with Crippen LogP contribution < -0.4 is 10.6 Å². The van der Waals surface area contributed by atoms with Crippen LogP contribution >= 0.6 is 0 Å². The van der Waals surface area contributed by atoms with Gasteiger partial charge in [-0.25, -0.2) is 9.97 Å². The number of aromatic nitrogens is 3. The van der Waals surface area contributed by atoms with E-state index in [0.29, 0.717) is 0 Å². The van der Waals surface area contributed by atoms with Crippen molar-refractivity contribution in [2.75, 3.05) is 17.7 Å². The summed E-state index contributed by atoms with van der Waals surface area (Å²) in [5, 5.41) is 8.57. The molecule has 0 aliphatic carbocycles. The van der Waals surface area contributed by atoms with E-state index in [2.05, 4.69) is 31.7 Å². The molecule has 0 fully saturated rings. The smallest absolute Gasteiger partial charge is 0.136 e. The molecule has 2 aromatic heterocycles. The number of nitrogens with one attached hydrogen (secondary N) is 2. The molecule has 3 rings (SSSR count). The third-order valence-electron chi connectivity index (χ3n) is 3.04. The standard InChI is InChI=1S/C15H15N5/c1-10-18-14(16-2)8-15(19-10)20-13-5-3-4-11-6-7-17-9-12(11)13/h3-9H,1-2H3,(H2,16,18,19,20). The minimum absolute atomic E-state index is 0.720. The van der Waals surface area contributed by atoms with Crippen molar-refractivity contribution in [1.82, 2.24) is 15.0 Å². The molecule has 2 heterocycles. The number of nitrogens with zero attached hydrogens (tertiary/aromatic N) is 3. The molecular weight excluding hydrogens is 250 g/mol. The third-order valence-corrected chi connectivity index (χ3v) is 3.04. The summed E-state index contributed by atoms with van der Waals surface area (Å²) in [7, 11) is 1.84. The van der Waals surface area contributed by atoms with E-state index in [1.165, 1.54) is 0 Å². The van der Waals surface area contributed by atoms with Crippen LogP contribution in [-0.4, -0.2) is 22.0 Å². The van der Waals surface area contributed by atoms with Crippen molar-refractivity contribution in [2.24, 2.45) is 0 Å². The van der Waals surface area contributed by atoms with E-state index in [9.17, 15) is 0 Å². The van der Waals surface area contributed by atoms with Crippen molar-refractivity contribution in [3.05, 3.63) is 48.5 Å². The molecule has 20 heavy (non-hydrogen) atoms. The van der Waals surface area contributed by atoms with Gasteiger partial charge in [-0.2, -0.15) is 0 Å². The molecule has 0 unspecified atom stereocenters. The van der Waals surface area contributed by atoms with Gasteiger partial charge in [-0.05, 0) is 24.4 Å². The highest BCUT2D eigenvalue weighted by molar-refractivity contribution is 5.94. The molecule has 0 atom stereocenters. The van der Waals surface area contributed by atoms with Gasteiger partial charge in [-0.1, -0.05) is 12.1 Å². The second kappa shape index (κ2) is 5.13. The first-order valence-electron chi connectivity index (χ1n) is 6.39. The van der Waals surface area contributed by atoms with Crippen molar-refractivity contribution in [3.8, 4) is 0 Å². The van der Waals surface area contributed by atoms with Crippen LogP contribution in [0.25, 0.3) is 10.8 Å². The zero-order valence-electron chi connectivity index (χ0n) is 11.4. The largest absolute Gasteiger partial charge is 0.373 e. The lowest BCUT2D eigenvalue weighted by Crippen LogP contribution is -2.01. The van der Waals surface area contributed by atoms with E-state index in [1.807, 2.05) is 44.4 Å². The Bertz CT molecular complexity index is 749. The first-order chi connectivity index (χ1) is 9.76. The number of benzene rings is 1. The molecule has 3 aromatic rings. The highest BCUT2D eigenvalue weighted by atomic mass is 15.1. The van der Waals surface area contributed by atoms with Crippen LogP contribution in [0.2, 0.25) is 0 Å². The Labute approximate surface area is 117 Å². The van der Waals surface area contributed by atoms with Gasteiger partial charge in [0, 0.05) is 36.6 Å². The van der Waals surface area contributed by atoms with E-state index in [4.69, 9.17) is 0 Å². The number of aryl methyl sites for hydroxylation is 1. The zero-order valence-corrected chi connectivity index (χ0v) is 11.4. The van der Waals surface area contributed by atoms with E-state index < -0.39 is 0 Å². The molecule has 0 spiro atoms. The molecule has 0 radical (unpaired) electrons. The van der Waals surface area contributed by atoms with E-state index in [0.717, 1.165) is 33.9 Å². The SMILES string of the molecule is CNc1cc(Nc2cccc3ccncc23)nc(C)n1. The lowest BCUT2D eigenvalue weighted by Gasteiger charge is -2.10. The molecule has 100 valence electrons. The van der Waals surface area contributed by atoms with Crippen LogP contribution in [0.5, 0.6) is 0 Å². The molecule has 1 aromatic carbocycles. The Morgan fingerprint density at radius 2 is 1.90 bits per heavy atom. The highest BCUT2D eigenvalue weighted by Gasteiger charge is 2.04. The number of fused-ring (bicyclic) bond motifs is 1. The molecule has 0 saturated carbocycles. The lowest BCUT2D eigenvalue weighted by atomic mass is 10.1. The van der Waals surface area contributed by atoms with Crippen LogP contribution in [-0.2, 0) is 0 Å². The summed E-state index contributed by atoms with van der Waals surface area (Å²) in [4.78, 5) is 12.9. The van der Waals surface area contributed by atoms with Gasteiger partial charge >= 0.3 is 0 Å². The van der Waals surface area contributed by atoms with E-state index in [-0.39, 0.29) is 0 Å². The van der Waals surface area contributed by atoms with Gasteiger partial charge in [0.2, 0.25) is 0 Å². The summed E-state index contributed by atoms with van der Waals surface area (Å²) in [5.41, 5.74) is 0.982. The van der Waals surface area contributed by atoms with Crippen LogP contribution in [0.15, 0.2) is 42.7 Å². The van der Waals surface area contributed by atoms with E-state index >= 15 is 0 Å². The van der Waals surface area contributed by atoms with Crippen LogP contribution in [0.3, 0.4) is 0 Å². The van der Waals surface area contributed by atoms with Gasteiger partial charge in [0.15, 0.2) is 0 Å². The topological polar surface area (TPSA) is 62.7 Å². The fourth-order valence-electron chi connectivity index (χ4n) is 2.12. The van der Waals surface area contributed by atoms with Crippen molar-refractivity contribution in [1.29, 1.82) is 0 Å². The summed E-state index contributed by atoms with van der Waals surface area (Å²) < 4.78 is 0. The fourth-order valence-corrected chi connectivity index (χ4v) is 2.12. The van der Waals surface area contributed by atoms with Gasteiger partial charge < -0.3 is 10.6 Å². The van der Waals surface area contributed by atoms with Crippen LogP contribution in [0.4, 0.5) is 17.3 Å². The monoisotopic (exact) mass is 265 g/mol. The summed E-state index contributed by atoms with van der Waals surface area (Å²) in [6.07, 6.45) is 3.64. The molecule has 0 aliphatic rings. The van der Waals surface area contributed by atoms with Gasteiger partial charge in [0.1, 0.15) is 17.5 Å². The van der Waals surface area contributed by atoms with Gasteiger partial charge in [-0.3, -0.25) is 4.98 Å². The molecule has 0 aliphatic heterocycles. The summed E-state index contributed by atoms with van der Waals surface area (Å²) >= 11 is 0. The molecule has 0 saturated heterocycles. The Morgan fingerprint density at radius 3 is 2.75 bits per heavy atom. The highest BCUT2D eigenvalue weighted by Crippen LogP contribution is 2.25. The third kappa shape index (κ3) is 2.38. The van der Waals surface area contributed by atoms with E-state index in [1.54, 1.807) is 6.20 Å². The van der Waals surface area contributed by atoms with Crippen molar-refractivity contribution >= 4 is 28.1 Å². The van der Waals surface area contributed by atoms with Gasteiger partial charge in [-0.15, -0.1) is 0 Å². The Hall–Kier alpha value is -2.69. The van der Waals surface area contributed by atoms with Crippen molar-refractivity contribution < 1.29 is 0 Å². The van der Waals surface area contributed by atoms with Crippen LogP contribution in [0.1, 0.15) is 5.82 Å². The minimum atomic E-state index is 0.720. The normalized spacial score (nSPS) is 10.5. The first-order valence-corrected chi connectivity index (χ1v) is 6.39. The summed E-state index contributed by atoms with van der Waals surface area (Å²) in [6.45, 7) is 1.87. The summed E-state index contributed by atoms with van der Waals surface area (Å²) in [5.74, 6) is 2.27. The number of anilines is 3. The maximum atomic E-state index is 4.40. The Morgan fingerprint density at radius 1 is 1.05 bits per heavy atom. The second-order valence-electron chi connectivity index (χ2n) is 4.46. The first kappa shape index (κ1) is 12.3. The number of rotatable bonds is 3. The second-order valence-corrected chi connectivity index (χ2v) is 4.46. The van der Waals surface area contributed by atoms with Gasteiger partial charge in [0.05, 0.1) is 0 Å².